The van der Waals surface area contributed by atoms with Crippen molar-refractivity contribution >= 4 is 22.6 Å². The maximum Gasteiger partial charge on any atom is 0.111 e. The van der Waals surface area contributed by atoms with Crippen molar-refractivity contribution in [3.05, 3.63) is 53.7 Å². The number of hydrogen-bond acceptors (Lipinski definition) is 2. The molecule has 0 atom stereocenters. The van der Waals surface area contributed by atoms with Gasteiger partial charge in [0, 0.05) is 25.3 Å². The molecule has 2 aromatic heterocycles. The first kappa shape index (κ1) is 13.3. The number of fused-ring (bicyclic) bond motifs is 1. The van der Waals surface area contributed by atoms with Gasteiger partial charge in [-0.15, -0.1) is 11.6 Å². The fourth-order valence-corrected chi connectivity index (χ4v) is 2.71. The van der Waals surface area contributed by atoms with Gasteiger partial charge < -0.3 is 8.98 Å². The summed E-state index contributed by atoms with van der Waals surface area (Å²) in [4.78, 5) is 4.75. The van der Waals surface area contributed by atoms with E-state index in [2.05, 4.69) is 29.7 Å². The Morgan fingerprint density at radius 1 is 1.20 bits per heavy atom. The first-order chi connectivity index (χ1) is 9.79. The predicted molar refractivity (Wildman–Crippen MR) is 81.3 cm³/mol. The van der Waals surface area contributed by atoms with E-state index in [0.717, 1.165) is 36.5 Å². The molecular weight excluding hydrogens is 272 g/mol. The SMILES string of the molecule is Cc1cccc2c1nc(CCCl)n2CCc1ccco1. The zero-order valence-corrected chi connectivity index (χ0v) is 12.2. The van der Waals surface area contributed by atoms with Gasteiger partial charge in [0.2, 0.25) is 0 Å². The van der Waals surface area contributed by atoms with Crippen LogP contribution in [0.1, 0.15) is 17.1 Å². The Bertz CT molecular complexity index is 701. The summed E-state index contributed by atoms with van der Waals surface area (Å²) in [7, 11) is 0. The number of aromatic nitrogens is 2. The minimum atomic E-state index is 0.586. The van der Waals surface area contributed by atoms with Gasteiger partial charge in [0.25, 0.3) is 0 Å². The van der Waals surface area contributed by atoms with Crippen LogP contribution in [0.15, 0.2) is 41.0 Å². The first-order valence-electron chi connectivity index (χ1n) is 6.82. The molecule has 0 aliphatic carbocycles. The lowest BCUT2D eigenvalue weighted by molar-refractivity contribution is 0.490. The number of benzene rings is 1. The third kappa shape index (κ3) is 2.46. The second-order valence-electron chi connectivity index (χ2n) is 4.89. The van der Waals surface area contributed by atoms with Crippen molar-refractivity contribution in [3.8, 4) is 0 Å². The molecule has 3 aromatic rings. The van der Waals surface area contributed by atoms with Crippen molar-refractivity contribution in [1.29, 1.82) is 0 Å². The topological polar surface area (TPSA) is 31.0 Å². The molecule has 4 heteroatoms. The lowest BCUT2D eigenvalue weighted by Gasteiger charge is -2.07. The molecule has 0 spiro atoms. The largest absolute Gasteiger partial charge is 0.469 e. The summed E-state index contributed by atoms with van der Waals surface area (Å²) in [5.41, 5.74) is 3.46. The molecule has 104 valence electrons. The molecule has 0 saturated heterocycles. The molecule has 0 aliphatic rings. The lowest BCUT2D eigenvalue weighted by atomic mass is 10.2. The Labute approximate surface area is 123 Å². The van der Waals surface area contributed by atoms with Crippen LogP contribution in [-0.2, 0) is 19.4 Å². The molecule has 0 radical (unpaired) electrons. The number of alkyl halides is 1. The summed E-state index contributed by atoms with van der Waals surface area (Å²) >= 11 is 5.90. The molecule has 2 heterocycles. The molecule has 0 amide bonds. The lowest BCUT2D eigenvalue weighted by Crippen LogP contribution is -2.06. The van der Waals surface area contributed by atoms with Gasteiger partial charge in [0.15, 0.2) is 0 Å². The molecule has 1 aromatic carbocycles. The quantitative estimate of drug-likeness (QED) is 0.665. The molecule has 0 fully saturated rings. The third-order valence-electron chi connectivity index (χ3n) is 3.54. The maximum absolute atomic E-state index is 5.90. The van der Waals surface area contributed by atoms with Crippen LogP contribution in [0.25, 0.3) is 11.0 Å². The van der Waals surface area contributed by atoms with E-state index in [1.165, 1.54) is 11.1 Å². The zero-order valence-electron chi connectivity index (χ0n) is 11.5. The third-order valence-corrected chi connectivity index (χ3v) is 3.73. The summed E-state index contributed by atoms with van der Waals surface area (Å²) < 4.78 is 7.66. The van der Waals surface area contributed by atoms with E-state index in [1.807, 2.05) is 12.1 Å². The Balaban J connectivity index is 1.98. The summed E-state index contributed by atoms with van der Waals surface area (Å²) in [5.74, 6) is 2.63. The van der Waals surface area contributed by atoms with Crippen LogP contribution in [0.5, 0.6) is 0 Å². The van der Waals surface area contributed by atoms with E-state index in [1.54, 1.807) is 6.26 Å². The van der Waals surface area contributed by atoms with Crippen molar-refractivity contribution < 1.29 is 4.42 Å². The Morgan fingerprint density at radius 2 is 2.10 bits per heavy atom. The smallest absolute Gasteiger partial charge is 0.111 e. The highest BCUT2D eigenvalue weighted by Crippen LogP contribution is 2.21. The fourth-order valence-electron chi connectivity index (χ4n) is 2.54. The average Bonchev–Trinajstić information content (AvgIpc) is 3.05. The summed E-state index contributed by atoms with van der Waals surface area (Å²) in [6.45, 7) is 2.95. The number of halogens is 1. The molecule has 0 unspecified atom stereocenters. The Kier molecular flexibility index (Phi) is 3.79. The second kappa shape index (κ2) is 5.71. The number of furan rings is 1. The molecule has 0 aliphatic heterocycles. The highest BCUT2D eigenvalue weighted by atomic mass is 35.5. The van der Waals surface area contributed by atoms with Crippen molar-refractivity contribution in [1.82, 2.24) is 9.55 Å². The number of imidazole rings is 1. The van der Waals surface area contributed by atoms with Crippen molar-refractivity contribution in [2.45, 2.75) is 26.3 Å². The molecule has 0 bridgehead atoms. The van der Waals surface area contributed by atoms with Gasteiger partial charge in [0.1, 0.15) is 11.6 Å². The minimum absolute atomic E-state index is 0.586. The molecule has 20 heavy (non-hydrogen) atoms. The van der Waals surface area contributed by atoms with E-state index >= 15 is 0 Å². The summed E-state index contributed by atoms with van der Waals surface area (Å²) in [5, 5.41) is 0. The number of rotatable bonds is 5. The molecule has 0 saturated carbocycles. The van der Waals surface area contributed by atoms with Crippen molar-refractivity contribution in [2.75, 3.05) is 5.88 Å². The average molecular weight is 289 g/mol. The number of hydrogen-bond donors (Lipinski definition) is 0. The van der Waals surface area contributed by atoms with Crippen LogP contribution in [0.2, 0.25) is 0 Å². The van der Waals surface area contributed by atoms with Crippen LogP contribution in [0, 0.1) is 6.92 Å². The fraction of sp³-hybridized carbons (Fsp3) is 0.312. The summed E-state index contributed by atoms with van der Waals surface area (Å²) in [6, 6.07) is 10.2. The highest BCUT2D eigenvalue weighted by Gasteiger charge is 2.12. The van der Waals surface area contributed by atoms with Crippen molar-refractivity contribution in [2.24, 2.45) is 0 Å². The molecule has 0 N–H and O–H groups in total. The number of aryl methyl sites for hydroxylation is 4. The second-order valence-corrected chi connectivity index (χ2v) is 5.27. The monoisotopic (exact) mass is 288 g/mol. The molecule has 3 rings (SSSR count). The van der Waals surface area contributed by atoms with Gasteiger partial charge in [0.05, 0.1) is 17.3 Å². The minimum Gasteiger partial charge on any atom is -0.469 e. The number of nitrogens with zero attached hydrogens (tertiary/aromatic N) is 2. The standard InChI is InChI=1S/C16H17ClN2O/c1-12-4-2-6-14-16(12)18-15(7-9-17)19(14)10-8-13-5-3-11-20-13/h2-6,11H,7-10H2,1H3. The number of para-hydroxylation sites is 1. The van der Waals surface area contributed by atoms with Crippen LogP contribution < -0.4 is 0 Å². The van der Waals surface area contributed by atoms with E-state index < -0.39 is 0 Å². The van der Waals surface area contributed by atoms with Crippen LogP contribution in [0.4, 0.5) is 0 Å². The molecule has 3 nitrogen and oxygen atoms in total. The predicted octanol–water partition coefficient (Wildman–Crippen LogP) is 3.96. The van der Waals surface area contributed by atoms with Gasteiger partial charge >= 0.3 is 0 Å². The Morgan fingerprint density at radius 3 is 2.85 bits per heavy atom. The van der Waals surface area contributed by atoms with Crippen LogP contribution in [0.3, 0.4) is 0 Å². The normalized spacial score (nSPS) is 11.3. The van der Waals surface area contributed by atoms with Crippen LogP contribution >= 0.6 is 11.6 Å². The van der Waals surface area contributed by atoms with Gasteiger partial charge in [-0.25, -0.2) is 4.98 Å². The van der Waals surface area contributed by atoms with Gasteiger partial charge in [-0.05, 0) is 30.7 Å². The van der Waals surface area contributed by atoms with Crippen LogP contribution in [-0.4, -0.2) is 15.4 Å². The van der Waals surface area contributed by atoms with Gasteiger partial charge in [-0.2, -0.15) is 0 Å². The van der Waals surface area contributed by atoms with Crippen molar-refractivity contribution in [3.63, 3.8) is 0 Å². The van der Waals surface area contributed by atoms with Gasteiger partial charge in [-0.1, -0.05) is 12.1 Å². The highest BCUT2D eigenvalue weighted by molar-refractivity contribution is 6.17. The van der Waals surface area contributed by atoms with E-state index in [0.29, 0.717) is 5.88 Å². The van der Waals surface area contributed by atoms with E-state index in [4.69, 9.17) is 21.0 Å². The van der Waals surface area contributed by atoms with E-state index in [-0.39, 0.29) is 0 Å². The Hall–Kier alpha value is -1.74. The molecular formula is C16H17ClN2O. The first-order valence-corrected chi connectivity index (χ1v) is 7.36. The summed E-state index contributed by atoms with van der Waals surface area (Å²) in [6.07, 6.45) is 3.36. The van der Waals surface area contributed by atoms with Gasteiger partial charge in [-0.3, -0.25) is 0 Å². The zero-order chi connectivity index (χ0) is 13.9. The van der Waals surface area contributed by atoms with E-state index in [9.17, 15) is 0 Å². The maximum atomic E-state index is 5.90.